The summed E-state index contributed by atoms with van der Waals surface area (Å²) >= 11 is 3.30. The lowest BCUT2D eigenvalue weighted by Crippen LogP contribution is -2.33. The van der Waals surface area contributed by atoms with Gasteiger partial charge in [-0.1, -0.05) is 25.3 Å². The summed E-state index contributed by atoms with van der Waals surface area (Å²) in [6, 6.07) is 4.86. The van der Waals surface area contributed by atoms with Gasteiger partial charge in [-0.15, -0.1) is 0 Å². The molecule has 1 aliphatic rings. The predicted molar refractivity (Wildman–Crippen MR) is 86.5 cm³/mol. The molecule has 0 heterocycles. The van der Waals surface area contributed by atoms with E-state index in [-0.39, 0.29) is 11.5 Å². The van der Waals surface area contributed by atoms with Crippen LogP contribution >= 0.6 is 15.9 Å². The zero-order chi connectivity index (χ0) is 15.5. The van der Waals surface area contributed by atoms with E-state index in [1.165, 1.54) is 23.6 Å². The van der Waals surface area contributed by atoms with Crippen LogP contribution in [0.25, 0.3) is 0 Å². The maximum Gasteiger partial charge on any atom is 0.243 e. The van der Waals surface area contributed by atoms with Gasteiger partial charge in [-0.05, 0) is 52.4 Å². The van der Waals surface area contributed by atoms with Gasteiger partial charge in [0.25, 0.3) is 0 Å². The van der Waals surface area contributed by atoms with E-state index in [9.17, 15) is 8.42 Å². The van der Waals surface area contributed by atoms with Crippen LogP contribution in [0.1, 0.15) is 37.7 Å². The van der Waals surface area contributed by atoms with Crippen LogP contribution in [0.5, 0.6) is 0 Å². The van der Waals surface area contributed by atoms with Gasteiger partial charge in [0.1, 0.15) is 0 Å². The Morgan fingerprint density at radius 1 is 1.29 bits per heavy atom. The normalized spacial score (nSPS) is 17.3. The fourth-order valence-electron chi connectivity index (χ4n) is 2.85. The van der Waals surface area contributed by atoms with Crippen molar-refractivity contribution >= 4 is 26.0 Å². The Kier molecular flexibility index (Phi) is 5.82. The summed E-state index contributed by atoms with van der Waals surface area (Å²) in [6.07, 6.45) is 5.90. The van der Waals surface area contributed by atoms with Crippen molar-refractivity contribution < 1.29 is 13.5 Å². The standard InChI is InChI=1S/C15H22BrNO3S/c1-17(10-12-5-3-2-4-6-12)21(19,20)15-8-7-13(11-18)9-14(15)16/h7-9,12,18H,2-6,10-11H2,1H3. The Morgan fingerprint density at radius 3 is 2.52 bits per heavy atom. The number of hydrogen-bond acceptors (Lipinski definition) is 3. The highest BCUT2D eigenvalue weighted by molar-refractivity contribution is 9.10. The smallest absolute Gasteiger partial charge is 0.243 e. The second kappa shape index (κ2) is 7.22. The first-order valence-electron chi connectivity index (χ1n) is 7.31. The van der Waals surface area contributed by atoms with Gasteiger partial charge in [-0.3, -0.25) is 0 Å². The molecular weight excluding hydrogens is 354 g/mol. The van der Waals surface area contributed by atoms with Gasteiger partial charge in [-0.2, -0.15) is 0 Å². The van der Waals surface area contributed by atoms with E-state index < -0.39 is 10.0 Å². The molecule has 2 rings (SSSR count). The molecule has 0 aliphatic heterocycles. The number of halogens is 1. The van der Waals surface area contributed by atoms with Gasteiger partial charge >= 0.3 is 0 Å². The molecule has 118 valence electrons. The number of sulfonamides is 1. The maximum atomic E-state index is 12.7. The van der Waals surface area contributed by atoms with Crippen molar-refractivity contribution in [1.82, 2.24) is 4.31 Å². The molecule has 21 heavy (non-hydrogen) atoms. The summed E-state index contributed by atoms with van der Waals surface area (Å²) in [5, 5.41) is 9.10. The van der Waals surface area contributed by atoms with Gasteiger partial charge < -0.3 is 5.11 Å². The molecule has 1 aliphatic carbocycles. The molecular formula is C15H22BrNO3S. The summed E-state index contributed by atoms with van der Waals surface area (Å²) < 4.78 is 27.3. The van der Waals surface area contributed by atoms with Crippen LogP contribution in [0.4, 0.5) is 0 Å². The monoisotopic (exact) mass is 375 g/mol. The van der Waals surface area contributed by atoms with Gasteiger partial charge in [0, 0.05) is 18.1 Å². The van der Waals surface area contributed by atoms with E-state index in [0.717, 1.165) is 12.8 Å². The lowest BCUT2D eigenvalue weighted by atomic mass is 9.89. The molecule has 1 fully saturated rings. The fourth-order valence-corrected chi connectivity index (χ4v) is 5.18. The third kappa shape index (κ3) is 4.06. The third-order valence-corrected chi connectivity index (χ3v) is 6.91. The Hall–Kier alpha value is -0.430. The van der Waals surface area contributed by atoms with Crippen LogP contribution in [0.15, 0.2) is 27.6 Å². The molecule has 1 aromatic carbocycles. The summed E-state index contributed by atoms with van der Waals surface area (Å²) in [6.45, 7) is 0.480. The lowest BCUT2D eigenvalue weighted by Gasteiger charge is -2.27. The molecule has 4 nitrogen and oxygen atoms in total. The minimum absolute atomic E-state index is 0.100. The van der Waals surface area contributed by atoms with Crippen LogP contribution in [-0.4, -0.2) is 31.4 Å². The average molecular weight is 376 g/mol. The highest BCUT2D eigenvalue weighted by atomic mass is 79.9. The van der Waals surface area contributed by atoms with Crippen LogP contribution in [0, 0.1) is 5.92 Å². The molecule has 1 N–H and O–H groups in total. The van der Waals surface area contributed by atoms with Crippen LogP contribution in [0.2, 0.25) is 0 Å². The fraction of sp³-hybridized carbons (Fsp3) is 0.600. The van der Waals surface area contributed by atoms with E-state index >= 15 is 0 Å². The van der Waals surface area contributed by atoms with Gasteiger partial charge in [0.2, 0.25) is 10.0 Å². The Bertz CT molecular complexity index is 583. The Morgan fingerprint density at radius 2 is 1.95 bits per heavy atom. The van der Waals surface area contributed by atoms with Crippen molar-refractivity contribution in [2.24, 2.45) is 5.92 Å². The van der Waals surface area contributed by atoms with Gasteiger partial charge in [-0.25, -0.2) is 12.7 Å². The van der Waals surface area contributed by atoms with Crippen molar-refractivity contribution in [2.75, 3.05) is 13.6 Å². The van der Waals surface area contributed by atoms with Crippen molar-refractivity contribution in [3.8, 4) is 0 Å². The predicted octanol–water partition coefficient (Wildman–Crippen LogP) is 3.14. The first-order valence-corrected chi connectivity index (χ1v) is 9.54. The highest BCUT2D eigenvalue weighted by Crippen LogP contribution is 2.29. The van der Waals surface area contributed by atoms with Crippen molar-refractivity contribution in [2.45, 2.75) is 43.6 Å². The van der Waals surface area contributed by atoms with Crippen molar-refractivity contribution in [3.63, 3.8) is 0 Å². The van der Waals surface area contributed by atoms with Gasteiger partial charge in [0.15, 0.2) is 0 Å². The number of aliphatic hydroxyl groups excluding tert-OH is 1. The third-order valence-electron chi connectivity index (χ3n) is 4.11. The second-order valence-corrected chi connectivity index (χ2v) is 8.58. The molecule has 1 aromatic rings. The van der Waals surface area contributed by atoms with Crippen LogP contribution < -0.4 is 0 Å². The summed E-state index contributed by atoms with van der Waals surface area (Å²) in [5.41, 5.74) is 0.691. The minimum Gasteiger partial charge on any atom is -0.392 e. The molecule has 0 saturated heterocycles. The molecule has 0 spiro atoms. The van der Waals surface area contributed by atoms with E-state index in [1.54, 1.807) is 25.2 Å². The molecule has 0 atom stereocenters. The summed E-state index contributed by atoms with van der Waals surface area (Å²) in [7, 11) is -1.84. The van der Waals surface area contributed by atoms with Crippen molar-refractivity contribution in [3.05, 3.63) is 28.2 Å². The Labute approximate surface area is 135 Å². The lowest BCUT2D eigenvalue weighted by molar-refractivity contribution is 0.281. The largest absolute Gasteiger partial charge is 0.392 e. The van der Waals surface area contributed by atoms with Crippen LogP contribution in [0.3, 0.4) is 0 Å². The number of hydrogen-bond donors (Lipinski definition) is 1. The molecule has 6 heteroatoms. The van der Waals surface area contributed by atoms with Crippen LogP contribution in [-0.2, 0) is 16.6 Å². The van der Waals surface area contributed by atoms with Crippen molar-refractivity contribution in [1.29, 1.82) is 0 Å². The van der Waals surface area contributed by atoms with Gasteiger partial charge in [0.05, 0.1) is 11.5 Å². The summed E-state index contributed by atoms with van der Waals surface area (Å²) in [5.74, 6) is 0.467. The molecule has 0 radical (unpaired) electrons. The van der Waals surface area contributed by atoms with E-state index in [0.29, 0.717) is 22.5 Å². The Balaban J connectivity index is 2.16. The molecule has 0 bridgehead atoms. The number of nitrogens with zero attached hydrogens (tertiary/aromatic N) is 1. The number of aliphatic hydroxyl groups is 1. The second-order valence-electron chi connectivity index (χ2n) is 5.71. The first-order chi connectivity index (χ1) is 9.95. The maximum absolute atomic E-state index is 12.7. The SMILES string of the molecule is CN(CC1CCCCC1)S(=O)(=O)c1ccc(CO)cc1Br. The molecule has 0 amide bonds. The molecule has 0 unspecified atom stereocenters. The minimum atomic E-state index is -3.49. The molecule has 0 aromatic heterocycles. The number of rotatable bonds is 5. The zero-order valence-electron chi connectivity index (χ0n) is 12.3. The summed E-state index contributed by atoms with van der Waals surface area (Å²) in [4.78, 5) is 0.262. The highest BCUT2D eigenvalue weighted by Gasteiger charge is 2.26. The number of benzene rings is 1. The average Bonchev–Trinajstić information content (AvgIpc) is 2.47. The quantitative estimate of drug-likeness (QED) is 0.859. The topological polar surface area (TPSA) is 57.6 Å². The van der Waals surface area contributed by atoms with E-state index in [4.69, 9.17) is 5.11 Å². The van der Waals surface area contributed by atoms with E-state index in [1.807, 2.05) is 0 Å². The molecule has 1 saturated carbocycles. The first kappa shape index (κ1) is 16.9. The zero-order valence-corrected chi connectivity index (χ0v) is 14.7. The van der Waals surface area contributed by atoms with E-state index in [2.05, 4.69) is 15.9 Å².